The van der Waals surface area contributed by atoms with Crippen molar-refractivity contribution in [3.63, 3.8) is 0 Å². The highest BCUT2D eigenvalue weighted by molar-refractivity contribution is 6.02. The second-order valence-electron chi connectivity index (χ2n) is 10.0. The first-order chi connectivity index (χ1) is 18.8. The Morgan fingerprint density at radius 1 is 1.08 bits per heavy atom. The fraction of sp³-hybridized carbons (Fsp3) is 0.345. The minimum atomic E-state index is -0.977. The standard InChI is InChI=1S/C29H32N6O4/c1-18-7-6-10-24(20(18)3)35(26(37)17-34-32-28(31-33-34)25-16-11-19(2)39-25)27(21-12-14-23(36)15-13-21)29(38)30-22-8-4-5-9-22/h6-7,10-16,22,27,36H,4-5,8-9,17H2,1-3H3,(H,30,38)/t27-/m0/s1. The zero-order valence-electron chi connectivity index (χ0n) is 22.3. The summed E-state index contributed by atoms with van der Waals surface area (Å²) in [6.07, 6.45) is 3.93. The van der Waals surface area contributed by atoms with Crippen molar-refractivity contribution < 1.29 is 19.1 Å². The Bertz CT molecular complexity index is 1470. The molecule has 2 heterocycles. The topological polar surface area (TPSA) is 126 Å². The number of tetrazole rings is 1. The molecule has 2 N–H and O–H groups in total. The molecule has 0 unspecified atom stereocenters. The normalized spacial score (nSPS) is 14.3. The Labute approximate surface area is 226 Å². The van der Waals surface area contributed by atoms with Crippen LogP contribution in [0.25, 0.3) is 11.6 Å². The maximum absolute atomic E-state index is 14.1. The van der Waals surface area contributed by atoms with Gasteiger partial charge in [0.15, 0.2) is 5.76 Å². The van der Waals surface area contributed by atoms with Crippen LogP contribution < -0.4 is 10.2 Å². The lowest BCUT2D eigenvalue weighted by Gasteiger charge is -2.33. The predicted molar refractivity (Wildman–Crippen MR) is 145 cm³/mol. The molecule has 10 heteroatoms. The fourth-order valence-electron chi connectivity index (χ4n) is 5.00. The molecule has 0 spiro atoms. The van der Waals surface area contributed by atoms with E-state index >= 15 is 0 Å². The summed E-state index contributed by atoms with van der Waals surface area (Å²) in [7, 11) is 0. The maximum Gasteiger partial charge on any atom is 0.251 e. The van der Waals surface area contributed by atoms with E-state index in [1.165, 1.54) is 21.8 Å². The van der Waals surface area contributed by atoms with Gasteiger partial charge in [-0.1, -0.05) is 37.1 Å². The molecule has 202 valence electrons. The van der Waals surface area contributed by atoms with Crippen molar-refractivity contribution in [1.82, 2.24) is 25.5 Å². The molecule has 4 aromatic rings. The zero-order valence-corrected chi connectivity index (χ0v) is 22.3. The van der Waals surface area contributed by atoms with Gasteiger partial charge in [0.2, 0.25) is 11.7 Å². The summed E-state index contributed by atoms with van der Waals surface area (Å²) in [6, 6.07) is 14.7. The van der Waals surface area contributed by atoms with Crippen LogP contribution in [0.3, 0.4) is 0 Å². The summed E-state index contributed by atoms with van der Waals surface area (Å²) in [5.41, 5.74) is 3.06. The molecule has 0 aliphatic heterocycles. The Balaban J connectivity index is 1.54. The number of hydrogen-bond acceptors (Lipinski definition) is 7. The molecule has 0 saturated heterocycles. The number of aromatic hydroxyl groups is 1. The number of furan rings is 1. The summed E-state index contributed by atoms with van der Waals surface area (Å²) in [4.78, 5) is 30.7. The van der Waals surface area contributed by atoms with Crippen molar-refractivity contribution >= 4 is 17.5 Å². The molecule has 1 fully saturated rings. The Morgan fingerprint density at radius 2 is 1.82 bits per heavy atom. The molecule has 1 atom stereocenters. The number of amides is 2. The van der Waals surface area contributed by atoms with Crippen molar-refractivity contribution in [3.8, 4) is 17.3 Å². The van der Waals surface area contributed by atoms with Crippen molar-refractivity contribution in [2.75, 3.05) is 4.90 Å². The molecule has 2 aromatic carbocycles. The second-order valence-corrected chi connectivity index (χ2v) is 10.0. The van der Waals surface area contributed by atoms with E-state index < -0.39 is 6.04 Å². The van der Waals surface area contributed by atoms with Crippen LogP contribution in [0.5, 0.6) is 5.75 Å². The van der Waals surface area contributed by atoms with Crippen molar-refractivity contribution in [2.24, 2.45) is 0 Å². The number of aryl methyl sites for hydroxylation is 2. The first-order valence-corrected chi connectivity index (χ1v) is 13.1. The van der Waals surface area contributed by atoms with Crippen LogP contribution in [0.15, 0.2) is 59.0 Å². The smallest absolute Gasteiger partial charge is 0.251 e. The maximum atomic E-state index is 14.1. The van der Waals surface area contributed by atoms with E-state index in [9.17, 15) is 14.7 Å². The first-order valence-electron chi connectivity index (χ1n) is 13.1. The third kappa shape index (κ3) is 5.69. The lowest BCUT2D eigenvalue weighted by atomic mass is 9.99. The number of nitrogens with one attached hydrogen (secondary N) is 1. The number of hydrogen-bond donors (Lipinski definition) is 2. The summed E-state index contributed by atoms with van der Waals surface area (Å²) in [5, 5.41) is 25.5. The molecule has 1 aliphatic rings. The third-order valence-corrected chi connectivity index (χ3v) is 7.21. The van der Waals surface area contributed by atoms with Crippen LogP contribution in [-0.2, 0) is 16.1 Å². The Morgan fingerprint density at radius 3 is 2.51 bits per heavy atom. The third-order valence-electron chi connectivity index (χ3n) is 7.21. The number of carbonyl (C=O) groups excluding carboxylic acids is 2. The van der Waals surface area contributed by atoms with Crippen molar-refractivity contribution in [1.29, 1.82) is 0 Å². The molecule has 0 bridgehead atoms. The molecular weight excluding hydrogens is 496 g/mol. The van der Waals surface area contributed by atoms with Gasteiger partial charge in [-0.05, 0) is 85.8 Å². The largest absolute Gasteiger partial charge is 0.508 e. The molecular formula is C29H32N6O4. The summed E-state index contributed by atoms with van der Waals surface area (Å²) < 4.78 is 5.59. The van der Waals surface area contributed by atoms with Gasteiger partial charge in [0.25, 0.3) is 5.91 Å². The van der Waals surface area contributed by atoms with E-state index in [-0.39, 0.29) is 36.0 Å². The van der Waals surface area contributed by atoms with E-state index in [2.05, 4.69) is 20.7 Å². The Hall–Kier alpha value is -4.47. The van der Waals surface area contributed by atoms with Gasteiger partial charge >= 0.3 is 0 Å². The minimum absolute atomic E-state index is 0.0592. The Kier molecular flexibility index (Phi) is 7.44. The van der Waals surface area contributed by atoms with Crippen LogP contribution in [-0.4, -0.2) is 43.2 Å². The zero-order chi connectivity index (χ0) is 27.5. The number of nitrogens with zero attached hydrogens (tertiary/aromatic N) is 5. The molecule has 2 amide bonds. The van der Waals surface area contributed by atoms with Gasteiger partial charge in [0.05, 0.1) is 0 Å². The van der Waals surface area contributed by atoms with Crippen LogP contribution in [0.4, 0.5) is 5.69 Å². The number of phenolic OH excluding ortho intramolecular Hbond substituents is 1. The minimum Gasteiger partial charge on any atom is -0.508 e. The van der Waals surface area contributed by atoms with E-state index in [0.29, 0.717) is 22.8 Å². The van der Waals surface area contributed by atoms with Gasteiger partial charge in [-0.15, -0.1) is 10.2 Å². The molecule has 0 radical (unpaired) electrons. The highest BCUT2D eigenvalue weighted by atomic mass is 16.3. The van der Waals surface area contributed by atoms with Crippen LogP contribution in [0.2, 0.25) is 0 Å². The highest BCUT2D eigenvalue weighted by Crippen LogP contribution is 2.33. The summed E-state index contributed by atoms with van der Waals surface area (Å²) in [6.45, 7) is 5.47. The predicted octanol–water partition coefficient (Wildman–Crippen LogP) is 4.40. The molecule has 2 aromatic heterocycles. The van der Waals surface area contributed by atoms with E-state index in [4.69, 9.17) is 4.42 Å². The van der Waals surface area contributed by atoms with E-state index in [0.717, 1.165) is 36.8 Å². The number of aromatic nitrogens is 4. The molecule has 5 rings (SSSR count). The number of anilines is 1. The summed E-state index contributed by atoms with van der Waals surface area (Å²) in [5.74, 6) is 0.844. The average molecular weight is 529 g/mol. The monoisotopic (exact) mass is 528 g/mol. The van der Waals surface area contributed by atoms with E-state index in [1.807, 2.05) is 39.0 Å². The fourth-order valence-corrected chi connectivity index (χ4v) is 5.00. The quantitative estimate of drug-likeness (QED) is 0.347. The molecule has 39 heavy (non-hydrogen) atoms. The van der Waals surface area contributed by atoms with Gasteiger partial charge < -0.3 is 14.8 Å². The lowest BCUT2D eigenvalue weighted by Crippen LogP contribution is -2.47. The molecule has 1 aliphatic carbocycles. The van der Waals surface area contributed by atoms with Crippen LogP contribution in [0, 0.1) is 20.8 Å². The highest BCUT2D eigenvalue weighted by Gasteiger charge is 2.35. The number of phenols is 1. The van der Waals surface area contributed by atoms with Crippen LogP contribution >= 0.6 is 0 Å². The number of rotatable bonds is 8. The SMILES string of the molecule is Cc1ccc(-c2nnn(CC(=O)N(c3cccc(C)c3C)[C@H](C(=O)NC3CCCC3)c3ccc(O)cc3)n2)o1. The lowest BCUT2D eigenvalue weighted by molar-refractivity contribution is -0.127. The van der Waals surface area contributed by atoms with Gasteiger partial charge in [-0.2, -0.15) is 4.80 Å². The van der Waals surface area contributed by atoms with Crippen LogP contribution in [0.1, 0.15) is 54.2 Å². The van der Waals surface area contributed by atoms with E-state index in [1.54, 1.807) is 24.3 Å². The van der Waals surface area contributed by atoms with Crippen molar-refractivity contribution in [2.45, 2.75) is 65.1 Å². The second kappa shape index (κ2) is 11.1. The molecule has 1 saturated carbocycles. The average Bonchev–Trinajstić information content (AvgIpc) is 3.68. The van der Waals surface area contributed by atoms with Gasteiger partial charge in [-0.25, -0.2) is 0 Å². The number of benzene rings is 2. The summed E-state index contributed by atoms with van der Waals surface area (Å²) >= 11 is 0. The van der Waals surface area contributed by atoms with Crippen molar-refractivity contribution in [3.05, 3.63) is 77.0 Å². The van der Waals surface area contributed by atoms with Gasteiger partial charge in [-0.3, -0.25) is 14.5 Å². The van der Waals surface area contributed by atoms with Gasteiger partial charge in [0, 0.05) is 11.7 Å². The first kappa shape index (κ1) is 26.1. The molecule has 10 nitrogen and oxygen atoms in total. The number of carbonyl (C=O) groups is 2. The van der Waals surface area contributed by atoms with Gasteiger partial charge in [0.1, 0.15) is 24.1 Å².